The Balaban J connectivity index is 2.09. The number of benzene rings is 1. The van der Waals surface area contributed by atoms with Crippen LogP contribution < -0.4 is 0 Å². The van der Waals surface area contributed by atoms with Gasteiger partial charge in [0.05, 0.1) is 40.7 Å². The van der Waals surface area contributed by atoms with E-state index in [0.717, 1.165) is 0 Å². The van der Waals surface area contributed by atoms with E-state index in [1.807, 2.05) is 0 Å². The van der Waals surface area contributed by atoms with E-state index in [-0.39, 0.29) is 22.5 Å². The van der Waals surface area contributed by atoms with Crippen LogP contribution in [0, 0.1) is 11.8 Å². The van der Waals surface area contributed by atoms with Gasteiger partial charge in [0.25, 0.3) is 0 Å². The van der Waals surface area contributed by atoms with Gasteiger partial charge >= 0.3 is 0 Å². The minimum Gasteiger partial charge on any atom is -0.510 e. The molecular formula is C22H25NO8. The molecule has 0 aliphatic heterocycles. The van der Waals surface area contributed by atoms with Crippen molar-refractivity contribution in [3.05, 3.63) is 52.0 Å². The van der Waals surface area contributed by atoms with Crippen LogP contribution >= 0.6 is 0 Å². The Bertz CT molecular complexity index is 1080. The van der Waals surface area contributed by atoms with Gasteiger partial charge in [-0.1, -0.05) is 12.1 Å². The lowest BCUT2D eigenvalue weighted by atomic mass is 9.54. The molecule has 0 saturated carbocycles. The second-order valence-corrected chi connectivity index (χ2v) is 8.95. The maximum Gasteiger partial charge on any atom is 0.201 e. The molecule has 0 amide bonds. The topological polar surface area (TPSA) is 159 Å². The SMILES string of the molecule is CC1=C(O)C(N(C)C)[C@@H]2[C@@H](O)[C@H]3C(=C(O)[C@]2(O)C1=O)C(=O)c1c(O)cccc1[C@@]3(C)O. The number of ketones is 2. The van der Waals surface area contributed by atoms with Crippen molar-refractivity contribution in [1.82, 2.24) is 4.90 Å². The molecule has 31 heavy (non-hydrogen) atoms. The van der Waals surface area contributed by atoms with Gasteiger partial charge in [-0.05, 0) is 39.6 Å². The van der Waals surface area contributed by atoms with Gasteiger partial charge < -0.3 is 30.6 Å². The van der Waals surface area contributed by atoms with E-state index >= 15 is 0 Å². The smallest absolute Gasteiger partial charge is 0.201 e. The van der Waals surface area contributed by atoms with E-state index in [1.54, 1.807) is 14.1 Å². The summed E-state index contributed by atoms with van der Waals surface area (Å²) in [4.78, 5) is 27.8. The fourth-order valence-electron chi connectivity index (χ4n) is 5.53. The average molecular weight is 431 g/mol. The Morgan fingerprint density at radius 3 is 2.26 bits per heavy atom. The van der Waals surface area contributed by atoms with Crippen molar-refractivity contribution in [1.29, 1.82) is 0 Å². The zero-order valence-corrected chi connectivity index (χ0v) is 17.5. The van der Waals surface area contributed by atoms with Crippen molar-refractivity contribution in [2.45, 2.75) is 37.2 Å². The van der Waals surface area contributed by atoms with Gasteiger partial charge in [-0.2, -0.15) is 0 Å². The third kappa shape index (κ3) is 2.40. The summed E-state index contributed by atoms with van der Waals surface area (Å²) in [5.41, 5.74) is -5.63. The van der Waals surface area contributed by atoms with Gasteiger partial charge in [0.15, 0.2) is 11.4 Å². The molecule has 3 aliphatic rings. The molecule has 9 nitrogen and oxygen atoms in total. The van der Waals surface area contributed by atoms with E-state index in [0.29, 0.717) is 0 Å². The van der Waals surface area contributed by atoms with Crippen LogP contribution in [0.3, 0.4) is 0 Å². The Hall–Kier alpha value is -2.72. The number of aliphatic hydroxyl groups excluding tert-OH is 3. The summed E-state index contributed by atoms with van der Waals surface area (Å²) in [5.74, 6) is -6.67. The molecule has 0 radical (unpaired) electrons. The molecule has 3 aliphatic carbocycles. The molecule has 0 heterocycles. The van der Waals surface area contributed by atoms with Crippen LogP contribution in [0.4, 0.5) is 0 Å². The normalized spacial score (nSPS) is 37.7. The van der Waals surface area contributed by atoms with Gasteiger partial charge in [0.2, 0.25) is 5.78 Å². The summed E-state index contributed by atoms with van der Waals surface area (Å²) in [6.07, 6.45) is -1.71. The molecule has 1 aromatic rings. The Labute approximate surface area is 178 Å². The van der Waals surface area contributed by atoms with E-state index in [1.165, 1.54) is 36.9 Å². The minimum atomic E-state index is -2.70. The highest BCUT2D eigenvalue weighted by atomic mass is 16.4. The van der Waals surface area contributed by atoms with E-state index < -0.39 is 63.8 Å². The van der Waals surface area contributed by atoms with Crippen LogP contribution in [0.5, 0.6) is 5.75 Å². The number of aromatic hydroxyl groups is 1. The number of hydrogen-bond donors (Lipinski definition) is 6. The van der Waals surface area contributed by atoms with Crippen molar-refractivity contribution in [2.24, 2.45) is 11.8 Å². The van der Waals surface area contributed by atoms with Crippen molar-refractivity contribution in [3.63, 3.8) is 0 Å². The first-order valence-corrected chi connectivity index (χ1v) is 9.84. The summed E-state index contributed by atoms with van der Waals surface area (Å²) >= 11 is 0. The van der Waals surface area contributed by atoms with Crippen molar-refractivity contribution in [3.8, 4) is 5.75 Å². The number of carbonyl (C=O) groups excluding carboxylic acids is 2. The van der Waals surface area contributed by atoms with Crippen LogP contribution in [0.15, 0.2) is 40.9 Å². The lowest BCUT2D eigenvalue weighted by Crippen LogP contribution is -2.69. The lowest BCUT2D eigenvalue weighted by Gasteiger charge is -2.55. The summed E-state index contributed by atoms with van der Waals surface area (Å²) in [7, 11) is 3.12. The Kier molecular flexibility index (Phi) is 4.44. The first kappa shape index (κ1) is 21.5. The van der Waals surface area contributed by atoms with Crippen LogP contribution in [0.2, 0.25) is 0 Å². The molecule has 6 atom stereocenters. The molecule has 0 bridgehead atoms. The number of Topliss-reactive ketones (excluding diaryl/α,β-unsaturated/α-hetero) is 2. The molecular weight excluding hydrogens is 406 g/mol. The molecule has 9 heteroatoms. The van der Waals surface area contributed by atoms with Crippen LogP contribution in [-0.4, -0.2) is 78.9 Å². The highest BCUT2D eigenvalue weighted by molar-refractivity contribution is 6.16. The number of rotatable bonds is 1. The van der Waals surface area contributed by atoms with Crippen LogP contribution in [0.25, 0.3) is 0 Å². The number of hydrogen-bond acceptors (Lipinski definition) is 9. The predicted molar refractivity (Wildman–Crippen MR) is 107 cm³/mol. The van der Waals surface area contributed by atoms with E-state index in [4.69, 9.17) is 0 Å². The number of carbonyl (C=O) groups is 2. The van der Waals surface area contributed by atoms with Crippen molar-refractivity contribution >= 4 is 11.6 Å². The van der Waals surface area contributed by atoms with Gasteiger partial charge in [0.1, 0.15) is 17.3 Å². The summed E-state index contributed by atoms with van der Waals surface area (Å²) in [6.45, 7) is 2.60. The summed E-state index contributed by atoms with van der Waals surface area (Å²) in [6, 6.07) is 3.00. The third-order valence-corrected chi connectivity index (χ3v) is 7.03. The fraction of sp³-hybridized carbons (Fsp3) is 0.455. The second kappa shape index (κ2) is 6.39. The molecule has 0 saturated heterocycles. The Morgan fingerprint density at radius 2 is 1.68 bits per heavy atom. The van der Waals surface area contributed by atoms with Gasteiger partial charge in [0, 0.05) is 5.57 Å². The fourth-order valence-corrected chi connectivity index (χ4v) is 5.53. The number of fused-ring (bicyclic) bond motifs is 3. The molecule has 1 unspecified atom stereocenters. The average Bonchev–Trinajstić information content (AvgIpc) is 2.69. The molecule has 1 aromatic carbocycles. The minimum absolute atomic E-state index is 0.0445. The van der Waals surface area contributed by atoms with Crippen molar-refractivity contribution in [2.75, 3.05) is 14.1 Å². The maximum atomic E-state index is 13.3. The first-order chi connectivity index (χ1) is 14.3. The molecule has 4 rings (SSSR count). The predicted octanol–water partition coefficient (Wildman–Crippen LogP) is 0.291. The largest absolute Gasteiger partial charge is 0.510 e. The number of aliphatic hydroxyl groups is 5. The van der Waals surface area contributed by atoms with Crippen LogP contribution in [-0.2, 0) is 10.4 Å². The third-order valence-electron chi connectivity index (χ3n) is 7.03. The first-order valence-electron chi connectivity index (χ1n) is 9.84. The van der Waals surface area contributed by atoms with E-state index in [9.17, 15) is 40.2 Å². The molecule has 6 N–H and O–H groups in total. The van der Waals surface area contributed by atoms with Gasteiger partial charge in [-0.3, -0.25) is 14.5 Å². The highest BCUT2D eigenvalue weighted by Crippen LogP contribution is 2.56. The van der Waals surface area contributed by atoms with Gasteiger partial charge in [-0.15, -0.1) is 0 Å². The second-order valence-electron chi connectivity index (χ2n) is 8.95. The monoisotopic (exact) mass is 431 g/mol. The lowest BCUT2D eigenvalue weighted by molar-refractivity contribution is -0.173. The van der Waals surface area contributed by atoms with E-state index in [2.05, 4.69) is 0 Å². The highest BCUT2D eigenvalue weighted by Gasteiger charge is 2.68. The number of phenols is 1. The number of phenolic OH excluding ortho intramolecular Hbond substituents is 1. The summed E-state index contributed by atoms with van der Waals surface area (Å²) < 4.78 is 0. The number of likely N-dealkylation sites (N-methyl/N-ethyl adjacent to an activating group) is 1. The van der Waals surface area contributed by atoms with Crippen molar-refractivity contribution < 1.29 is 40.2 Å². The molecule has 0 aromatic heterocycles. The van der Waals surface area contributed by atoms with Gasteiger partial charge in [-0.25, -0.2) is 0 Å². The Morgan fingerprint density at radius 1 is 1.06 bits per heavy atom. The zero-order chi connectivity index (χ0) is 23.2. The summed E-state index contributed by atoms with van der Waals surface area (Å²) in [5, 5.41) is 66.3. The quantitative estimate of drug-likeness (QED) is 0.367. The molecule has 166 valence electrons. The maximum absolute atomic E-state index is 13.3. The molecule has 0 spiro atoms. The number of nitrogens with zero attached hydrogens (tertiary/aromatic N) is 1. The van der Waals surface area contributed by atoms with Crippen LogP contribution in [0.1, 0.15) is 29.8 Å². The standard InChI is InChI=1S/C22H25NO8/c1-8-16(25)15(23(3)4)14-18(27)13-12(20(29)22(14,31)19(8)28)17(26)11-9(21(13,2)30)6-5-7-10(11)24/h5-7,13-15,18,24-25,27,29-31H,1-4H3/t13-,14-,15?,18+,21-,22-/m1/s1. The zero-order valence-electron chi connectivity index (χ0n) is 17.5. The molecule has 0 fully saturated rings.